The molecule has 0 aliphatic rings. The van der Waals surface area contributed by atoms with Gasteiger partial charge in [0.05, 0.1) is 22.3 Å². The van der Waals surface area contributed by atoms with Gasteiger partial charge in [0.25, 0.3) is 0 Å². The number of carbonyl (C=O) groups is 4. The van der Waals surface area contributed by atoms with Crippen LogP contribution in [0.25, 0.3) is 12.2 Å². The minimum Gasteiger partial charge on any atom is -0.478 e. The zero-order valence-electron chi connectivity index (χ0n) is 24.8. The van der Waals surface area contributed by atoms with E-state index in [4.69, 9.17) is 9.47 Å². The van der Waals surface area contributed by atoms with E-state index in [0.717, 1.165) is 0 Å². The van der Waals surface area contributed by atoms with Gasteiger partial charge >= 0.3 is 36.2 Å². The highest BCUT2D eigenvalue weighted by molar-refractivity contribution is 6.04. The largest absolute Gasteiger partial charge is 0.478 e. The van der Waals surface area contributed by atoms with E-state index in [1.54, 1.807) is 0 Å². The first-order valence-electron chi connectivity index (χ1n) is 13.7. The van der Waals surface area contributed by atoms with Crippen LogP contribution in [-0.4, -0.2) is 46.4 Å². The van der Waals surface area contributed by atoms with Crippen LogP contribution in [0.15, 0.2) is 98.1 Å². The molecule has 0 radical (unpaired) electrons. The number of halogens is 6. The molecule has 0 aliphatic carbocycles. The standard InChI is InChI=1S/C35H22F6O8/c1-3-19-5-11-23(12-6-19)48-31(46)27-17-21(9-15-25(27)29(42)43)33(34(36,37)38,35(39,40)41)22-10-16-26(30(44)45)28(18-22)32(47)49-24-13-7-20(4-2)8-14-24/h3-18H,1-2H2,(H,42,43)(H,44,45). The normalized spacial score (nSPS) is 11.7. The average Bonchev–Trinajstić information content (AvgIpc) is 3.04. The first-order valence-corrected chi connectivity index (χ1v) is 13.7. The monoisotopic (exact) mass is 684 g/mol. The lowest BCUT2D eigenvalue weighted by Gasteiger charge is -2.38. The maximum absolute atomic E-state index is 15.1. The first kappa shape index (κ1) is 35.7. The number of carbonyl (C=O) groups excluding carboxylic acids is 2. The summed E-state index contributed by atoms with van der Waals surface area (Å²) in [5.74, 6) is -7.39. The minimum absolute atomic E-state index is 0.0785. The molecule has 0 bridgehead atoms. The van der Waals surface area contributed by atoms with E-state index in [-0.39, 0.29) is 35.8 Å². The zero-order valence-corrected chi connectivity index (χ0v) is 24.8. The number of hydrogen-bond donors (Lipinski definition) is 2. The highest BCUT2D eigenvalue weighted by atomic mass is 19.4. The lowest BCUT2D eigenvalue weighted by Crippen LogP contribution is -2.55. The summed E-state index contributed by atoms with van der Waals surface area (Å²) in [5, 5.41) is 19.3. The van der Waals surface area contributed by atoms with E-state index < -0.39 is 75.0 Å². The molecule has 8 nitrogen and oxygen atoms in total. The van der Waals surface area contributed by atoms with Crippen LogP contribution in [0, 0.1) is 0 Å². The van der Waals surface area contributed by atoms with Gasteiger partial charge in [-0.1, -0.05) is 61.7 Å². The molecule has 0 saturated heterocycles. The van der Waals surface area contributed by atoms with Gasteiger partial charge in [-0.25, -0.2) is 19.2 Å². The Hall–Kier alpha value is -6.18. The third-order valence-electron chi connectivity index (χ3n) is 7.31. The van der Waals surface area contributed by atoms with Crippen molar-refractivity contribution >= 4 is 36.0 Å². The molecule has 0 unspecified atom stereocenters. The molecule has 2 N–H and O–H groups in total. The Labute approximate surface area is 273 Å². The fourth-order valence-corrected chi connectivity index (χ4v) is 4.92. The molecule has 4 rings (SSSR count). The Morgan fingerprint density at radius 3 is 1.12 bits per heavy atom. The number of ether oxygens (including phenoxy) is 2. The van der Waals surface area contributed by atoms with Crippen molar-refractivity contribution in [2.24, 2.45) is 0 Å². The van der Waals surface area contributed by atoms with Crippen molar-refractivity contribution in [3.8, 4) is 11.5 Å². The van der Waals surface area contributed by atoms with Crippen LogP contribution in [0.4, 0.5) is 26.3 Å². The quantitative estimate of drug-likeness (QED) is 0.0972. The van der Waals surface area contributed by atoms with Crippen LogP contribution in [0.1, 0.15) is 63.7 Å². The second-order valence-electron chi connectivity index (χ2n) is 10.2. The van der Waals surface area contributed by atoms with E-state index in [1.807, 2.05) is 0 Å². The Kier molecular flexibility index (Phi) is 9.83. The summed E-state index contributed by atoms with van der Waals surface area (Å²) in [6.07, 6.45) is -9.71. The summed E-state index contributed by atoms with van der Waals surface area (Å²) in [4.78, 5) is 50.0. The van der Waals surface area contributed by atoms with Crippen LogP contribution in [0.5, 0.6) is 11.5 Å². The van der Waals surface area contributed by atoms with Gasteiger partial charge < -0.3 is 19.7 Å². The van der Waals surface area contributed by atoms with Gasteiger partial charge in [0.15, 0.2) is 0 Å². The van der Waals surface area contributed by atoms with E-state index in [9.17, 15) is 29.4 Å². The molecule has 0 atom stereocenters. The molecule has 49 heavy (non-hydrogen) atoms. The Morgan fingerprint density at radius 1 is 0.531 bits per heavy atom. The molecule has 0 aliphatic heterocycles. The second-order valence-corrected chi connectivity index (χ2v) is 10.2. The predicted octanol–water partition coefficient (Wildman–Crippen LogP) is 8.22. The highest BCUT2D eigenvalue weighted by Gasteiger charge is 2.72. The number of rotatable bonds is 10. The topological polar surface area (TPSA) is 127 Å². The van der Waals surface area contributed by atoms with Gasteiger partial charge in [0.1, 0.15) is 11.5 Å². The van der Waals surface area contributed by atoms with Crippen molar-refractivity contribution in [1.29, 1.82) is 0 Å². The number of benzene rings is 4. The molecule has 4 aromatic carbocycles. The predicted molar refractivity (Wildman–Crippen MR) is 163 cm³/mol. The molecule has 0 fully saturated rings. The van der Waals surface area contributed by atoms with Crippen molar-refractivity contribution in [2.75, 3.05) is 0 Å². The van der Waals surface area contributed by atoms with Gasteiger partial charge in [-0.3, -0.25) is 0 Å². The summed E-state index contributed by atoms with van der Waals surface area (Å²) < 4.78 is 101. The van der Waals surface area contributed by atoms with Crippen molar-refractivity contribution < 1.29 is 65.2 Å². The van der Waals surface area contributed by atoms with Gasteiger partial charge in [-0.15, -0.1) is 0 Å². The average molecular weight is 685 g/mol. The van der Waals surface area contributed by atoms with Gasteiger partial charge in [-0.05, 0) is 70.8 Å². The van der Waals surface area contributed by atoms with Crippen molar-refractivity contribution in [2.45, 2.75) is 17.8 Å². The van der Waals surface area contributed by atoms with Crippen molar-refractivity contribution in [1.82, 2.24) is 0 Å². The molecule has 0 spiro atoms. The molecule has 0 heterocycles. The van der Waals surface area contributed by atoms with E-state index in [0.29, 0.717) is 23.3 Å². The lowest BCUT2D eigenvalue weighted by molar-refractivity contribution is -0.288. The number of esters is 2. The third-order valence-corrected chi connectivity index (χ3v) is 7.31. The molecule has 14 heteroatoms. The molecule has 4 aromatic rings. The summed E-state index contributed by atoms with van der Waals surface area (Å²) in [7, 11) is 0. The van der Waals surface area contributed by atoms with Crippen LogP contribution in [-0.2, 0) is 5.41 Å². The number of alkyl halides is 6. The van der Waals surface area contributed by atoms with Crippen molar-refractivity contribution in [3.05, 3.63) is 143 Å². The van der Waals surface area contributed by atoms with Crippen molar-refractivity contribution in [3.63, 3.8) is 0 Å². The van der Waals surface area contributed by atoms with Gasteiger partial charge in [0, 0.05) is 0 Å². The second kappa shape index (κ2) is 13.5. The van der Waals surface area contributed by atoms with Gasteiger partial charge in [0.2, 0.25) is 5.41 Å². The van der Waals surface area contributed by atoms with Gasteiger partial charge in [-0.2, -0.15) is 26.3 Å². The molecular formula is C35H22F6O8. The SMILES string of the molecule is C=Cc1ccc(OC(=O)c2cc(C(c3ccc(C(=O)O)c(C(=O)Oc4ccc(C=C)cc4)c3)(C(F)(F)F)C(F)(F)F)ccc2C(=O)O)cc1. The summed E-state index contributed by atoms with van der Waals surface area (Å²) >= 11 is 0. The molecule has 0 amide bonds. The fraction of sp³-hybridized carbons (Fsp3) is 0.0857. The van der Waals surface area contributed by atoms with Crippen LogP contribution >= 0.6 is 0 Å². The van der Waals surface area contributed by atoms with Crippen LogP contribution < -0.4 is 9.47 Å². The summed E-state index contributed by atoms with van der Waals surface area (Å²) in [6.45, 7) is 7.07. The molecule has 0 saturated carbocycles. The van der Waals surface area contributed by atoms with Crippen LogP contribution in [0.2, 0.25) is 0 Å². The molecular weight excluding hydrogens is 662 g/mol. The maximum Gasteiger partial charge on any atom is 0.411 e. The Morgan fingerprint density at radius 2 is 0.857 bits per heavy atom. The van der Waals surface area contributed by atoms with E-state index in [2.05, 4.69) is 13.2 Å². The Balaban J connectivity index is 1.95. The fourth-order valence-electron chi connectivity index (χ4n) is 4.92. The Bertz CT molecular complexity index is 1820. The van der Waals surface area contributed by atoms with E-state index >= 15 is 26.3 Å². The zero-order chi connectivity index (χ0) is 36.3. The summed E-state index contributed by atoms with van der Waals surface area (Å²) in [5.41, 5.74) is -11.6. The minimum atomic E-state index is -6.29. The molecule has 252 valence electrons. The lowest BCUT2D eigenvalue weighted by atomic mass is 9.71. The third kappa shape index (κ3) is 6.93. The first-order chi connectivity index (χ1) is 22.9. The number of aromatic carboxylic acids is 2. The number of carboxylic acids is 2. The highest BCUT2D eigenvalue weighted by Crippen LogP contribution is 2.56. The van der Waals surface area contributed by atoms with Crippen LogP contribution in [0.3, 0.4) is 0 Å². The molecule has 0 aromatic heterocycles. The van der Waals surface area contributed by atoms with E-state index in [1.165, 1.54) is 60.7 Å². The summed E-state index contributed by atoms with van der Waals surface area (Å²) in [6, 6.07) is 11.9. The number of carboxylic acid groups (broad SMARTS) is 2. The maximum atomic E-state index is 15.1. The number of hydrogen-bond acceptors (Lipinski definition) is 6. The smallest absolute Gasteiger partial charge is 0.411 e.